The fourth-order valence-corrected chi connectivity index (χ4v) is 3.04. The summed E-state index contributed by atoms with van der Waals surface area (Å²) >= 11 is 9.45. The number of benzene rings is 2. The van der Waals surface area contributed by atoms with Gasteiger partial charge in [0.05, 0.1) is 12.1 Å². The summed E-state index contributed by atoms with van der Waals surface area (Å²) in [4.78, 5) is 12.3. The maximum Gasteiger partial charge on any atom is 0.266 e. The van der Waals surface area contributed by atoms with E-state index in [9.17, 15) is 10.1 Å². The Bertz CT molecular complexity index is 857. The number of rotatable bonds is 4. The van der Waals surface area contributed by atoms with Crippen molar-refractivity contribution in [1.82, 2.24) is 0 Å². The Morgan fingerprint density at radius 2 is 2.12 bits per heavy atom. The second kappa shape index (κ2) is 8.00. The molecule has 1 N–H and O–H groups in total. The average Bonchev–Trinajstić information content (AvgIpc) is 2.52. The Balaban J connectivity index is 2.36. The first-order valence-electron chi connectivity index (χ1n) is 6.97. The first-order valence-corrected chi connectivity index (χ1v) is 8.14. The third-order valence-electron chi connectivity index (χ3n) is 3.18. The quantitative estimate of drug-likeness (QED) is 0.577. The van der Waals surface area contributed by atoms with Crippen LogP contribution < -0.4 is 10.1 Å². The van der Waals surface area contributed by atoms with Gasteiger partial charge in [0, 0.05) is 15.7 Å². The predicted molar refractivity (Wildman–Crippen MR) is 99.1 cm³/mol. The summed E-state index contributed by atoms with van der Waals surface area (Å²) < 4.78 is 5.97. The number of ether oxygens (including phenoxy) is 1. The molecule has 1 amide bonds. The summed E-state index contributed by atoms with van der Waals surface area (Å²) in [6.45, 7) is 1.92. The van der Waals surface area contributed by atoms with E-state index in [4.69, 9.17) is 16.3 Å². The number of carbonyl (C=O) groups excluding carboxylic acids is 1. The summed E-state index contributed by atoms with van der Waals surface area (Å²) in [5.41, 5.74) is 2.12. The maximum absolute atomic E-state index is 12.3. The molecule has 0 atom stereocenters. The smallest absolute Gasteiger partial charge is 0.266 e. The normalized spacial score (nSPS) is 10.9. The number of anilines is 1. The molecule has 0 spiro atoms. The Labute approximate surface area is 153 Å². The van der Waals surface area contributed by atoms with Gasteiger partial charge in [-0.05, 0) is 42.8 Å². The molecule has 0 unspecified atom stereocenters. The minimum absolute atomic E-state index is 0.0519. The largest absolute Gasteiger partial charge is 0.495 e. The molecule has 2 aromatic rings. The average molecular weight is 406 g/mol. The molecule has 0 fully saturated rings. The van der Waals surface area contributed by atoms with Crippen LogP contribution in [0.25, 0.3) is 6.08 Å². The highest BCUT2D eigenvalue weighted by Crippen LogP contribution is 2.33. The van der Waals surface area contributed by atoms with Gasteiger partial charge in [0.15, 0.2) is 0 Å². The summed E-state index contributed by atoms with van der Waals surface area (Å²) in [7, 11) is 1.48. The summed E-state index contributed by atoms with van der Waals surface area (Å²) in [6.07, 6.45) is 1.45. The minimum Gasteiger partial charge on any atom is -0.495 e. The molecule has 0 aliphatic rings. The lowest BCUT2D eigenvalue weighted by molar-refractivity contribution is -0.112. The van der Waals surface area contributed by atoms with E-state index in [0.717, 1.165) is 10.0 Å². The van der Waals surface area contributed by atoms with Crippen LogP contribution in [0.5, 0.6) is 5.75 Å². The minimum atomic E-state index is -0.499. The van der Waals surface area contributed by atoms with Gasteiger partial charge in [-0.15, -0.1) is 0 Å². The van der Waals surface area contributed by atoms with Crippen LogP contribution in [-0.2, 0) is 4.79 Å². The molecule has 2 rings (SSSR count). The number of amides is 1. The van der Waals surface area contributed by atoms with Crippen molar-refractivity contribution in [2.45, 2.75) is 6.92 Å². The Kier molecular flexibility index (Phi) is 6.02. The number of nitriles is 1. The zero-order valence-corrected chi connectivity index (χ0v) is 15.4. The molecule has 0 aliphatic carbocycles. The first-order chi connectivity index (χ1) is 11.4. The molecule has 0 saturated carbocycles. The third kappa shape index (κ3) is 4.38. The molecule has 6 heteroatoms. The fraction of sp³-hybridized carbons (Fsp3) is 0.111. The highest BCUT2D eigenvalue weighted by atomic mass is 79.9. The SMILES string of the molecule is COc1c(Cl)cc(Br)cc1/C=C(\C#N)C(=O)Nc1cccc(C)c1. The van der Waals surface area contributed by atoms with Crippen LogP contribution in [0.15, 0.2) is 46.4 Å². The van der Waals surface area contributed by atoms with Crippen molar-refractivity contribution >= 4 is 45.2 Å². The molecule has 4 nitrogen and oxygen atoms in total. The molecule has 24 heavy (non-hydrogen) atoms. The number of nitrogens with zero attached hydrogens (tertiary/aromatic N) is 1. The van der Waals surface area contributed by atoms with Crippen LogP contribution in [0.4, 0.5) is 5.69 Å². The van der Waals surface area contributed by atoms with E-state index in [-0.39, 0.29) is 5.57 Å². The Morgan fingerprint density at radius 1 is 1.38 bits per heavy atom. The van der Waals surface area contributed by atoms with Crippen LogP contribution in [-0.4, -0.2) is 13.0 Å². The Hall–Kier alpha value is -2.29. The maximum atomic E-state index is 12.3. The molecule has 122 valence electrons. The zero-order valence-electron chi connectivity index (χ0n) is 13.1. The number of hydrogen-bond acceptors (Lipinski definition) is 3. The van der Waals surface area contributed by atoms with Crippen LogP contribution in [0, 0.1) is 18.3 Å². The molecule has 0 aliphatic heterocycles. The van der Waals surface area contributed by atoms with E-state index in [0.29, 0.717) is 22.0 Å². The topological polar surface area (TPSA) is 62.1 Å². The summed E-state index contributed by atoms with van der Waals surface area (Å²) in [5.74, 6) is -0.0998. The van der Waals surface area contributed by atoms with Gasteiger partial charge < -0.3 is 10.1 Å². The van der Waals surface area contributed by atoms with Crippen LogP contribution >= 0.6 is 27.5 Å². The van der Waals surface area contributed by atoms with Crippen molar-refractivity contribution in [3.05, 3.63) is 62.6 Å². The van der Waals surface area contributed by atoms with E-state index in [1.807, 2.05) is 31.2 Å². The van der Waals surface area contributed by atoms with Gasteiger partial charge in [-0.3, -0.25) is 4.79 Å². The summed E-state index contributed by atoms with van der Waals surface area (Å²) in [6, 6.07) is 12.6. The van der Waals surface area contributed by atoms with E-state index in [1.165, 1.54) is 13.2 Å². The van der Waals surface area contributed by atoms with Crippen LogP contribution in [0.3, 0.4) is 0 Å². The molecular weight excluding hydrogens is 392 g/mol. The first kappa shape index (κ1) is 18.1. The molecule has 0 aromatic heterocycles. The van der Waals surface area contributed by atoms with E-state index < -0.39 is 5.91 Å². The van der Waals surface area contributed by atoms with Crippen molar-refractivity contribution in [2.24, 2.45) is 0 Å². The standard InChI is InChI=1S/C18H14BrClN2O2/c1-11-4-3-5-15(6-11)22-18(23)13(10-21)7-12-8-14(19)9-16(20)17(12)24-2/h3-9H,1-2H3,(H,22,23)/b13-7+. The number of carbonyl (C=O) groups is 1. The predicted octanol–water partition coefficient (Wildman–Crippen LogP) is 4.97. The molecular formula is C18H14BrClN2O2. The number of methoxy groups -OCH3 is 1. The Morgan fingerprint density at radius 3 is 2.75 bits per heavy atom. The van der Waals surface area contributed by atoms with E-state index in [1.54, 1.807) is 18.2 Å². The van der Waals surface area contributed by atoms with Gasteiger partial charge in [0.25, 0.3) is 5.91 Å². The lowest BCUT2D eigenvalue weighted by Gasteiger charge is -2.09. The van der Waals surface area contributed by atoms with Crippen molar-refractivity contribution in [3.8, 4) is 11.8 Å². The zero-order chi connectivity index (χ0) is 17.7. The fourth-order valence-electron chi connectivity index (χ4n) is 2.13. The molecule has 0 bridgehead atoms. The van der Waals surface area contributed by atoms with Gasteiger partial charge in [-0.25, -0.2) is 0 Å². The molecule has 0 heterocycles. The van der Waals surface area contributed by atoms with Crippen molar-refractivity contribution in [3.63, 3.8) is 0 Å². The monoisotopic (exact) mass is 404 g/mol. The van der Waals surface area contributed by atoms with Gasteiger partial charge in [-0.2, -0.15) is 5.26 Å². The molecule has 0 radical (unpaired) electrons. The number of nitrogens with one attached hydrogen (secondary N) is 1. The highest BCUT2D eigenvalue weighted by molar-refractivity contribution is 9.10. The van der Waals surface area contributed by atoms with Crippen molar-refractivity contribution in [2.75, 3.05) is 12.4 Å². The van der Waals surface area contributed by atoms with Gasteiger partial charge >= 0.3 is 0 Å². The molecule has 0 saturated heterocycles. The number of aryl methyl sites for hydroxylation is 1. The summed E-state index contributed by atoms with van der Waals surface area (Å²) in [5, 5.41) is 12.4. The second-order valence-corrected chi connectivity index (χ2v) is 6.33. The third-order valence-corrected chi connectivity index (χ3v) is 3.92. The van der Waals surface area contributed by atoms with Crippen molar-refractivity contribution < 1.29 is 9.53 Å². The molecule has 2 aromatic carbocycles. The lowest BCUT2D eigenvalue weighted by Crippen LogP contribution is -2.13. The number of halogens is 2. The van der Waals surface area contributed by atoms with Crippen molar-refractivity contribution in [1.29, 1.82) is 5.26 Å². The van der Waals surface area contributed by atoms with Crippen LogP contribution in [0.1, 0.15) is 11.1 Å². The van der Waals surface area contributed by atoms with Gasteiger partial charge in [-0.1, -0.05) is 39.7 Å². The van der Waals surface area contributed by atoms with E-state index in [2.05, 4.69) is 21.2 Å². The second-order valence-electron chi connectivity index (χ2n) is 5.00. The van der Waals surface area contributed by atoms with Gasteiger partial charge in [0.2, 0.25) is 0 Å². The van der Waals surface area contributed by atoms with E-state index >= 15 is 0 Å². The number of hydrogen-bond donors (Lipinski definition) is 1. The van der Waals surface area contributed by atoms with Crippen LogP contribution in [0.2, 0.25) is 5.02 Å². The highest BCUT2D eigenvalue weighted by Gasteiger charge is 2.13. The van der Waals surface area contributed by atoms with Gasteiger partial charge in [0.1, 0.15) is 17.4 Å². The lowest BCUT2D eigenvalue weighted by atomic mass is 10.1.